The van der Waals surface area contributed by atoms with Gasteiger partial charge in [-0.15, -0.1) is 35.3 Å². The minimum absolute atomic E-state index is 0. The van der Waals surface area contributed by atoms with E-state index in [1.54, 1.807) is 11.3 Å². The van der Waals surface area contributed by atoms with Gasteiger partial charge >= 0.3 is 0 Å². The van der Waals surface area contributed by atoms with Crippen molar-refractivity contribution in [3.05, 3.63) is 52.0 Å². The van der Waals surface area contributed by atoms with Crippen molar-refractivity contribution >= 4 is 51.3 Å². The molecule has 0 aliphatic carbocycles. The number of halogens is 1. The lowest BCUT2D eigenvalue weighted by Gasteiger charge is -2.12. The van der Waals surface area contributed by atoms with Gasteiger partial charge in [0.1, 0.15) is 5.01 Å². The maximum absolute atomic E-state index is 12.2. The molecule has 1 aromatic heterocycles. The van der Waals surface area contributed by atoms with Crippen LogP contribution >= 0.6 is 35.3 Å². The molecule has 0 aliphatic heterocycles. The summed E-state index contributed by atoms with van der Waals surface area (Å²) in [5, 5.41) is 9.20. The highest BCUT2D eigenvalue weighted by Crippen LogP contribution is 2.18. The normalized spacial score (nSPS) is 11.9. The summed E-state index contributed by atoms with van der Waals surface area (Å²) in [5.74, 6) is 0.954. The highest BCUT2D eigenvalue weighted by atomic mass is 127. The van der Waals surface area contributed by atoms with Gasteiger partial charge in [0.15, 0.2) is 5.96 Å². The number of nitrogens with zero attached hydrogens (tertiary/aromatic N) is 2. The maximum atomic E-state index is 12.2. The number of benzene rings is 1. The number of hydrogen-bond donors (Lipinski definition) is 3. The molecule has 7 nitrogen and oxygen atoms in total. The van der Waals surface area contributed by atoms with Gasteiger partial charge in [0.2, 0.25) is 10.0 Å². The average molecular weight is 552 g/mol. The molecular formula is C19H30IN5O2S2. The van der Waals surface area contributed by atoms with Gasteiger partial charge in [0.05, 0.1) is 18.0 Å². The van der Waals surface area contributed by atoms with Crippen LogP contribution in [0.5, 0.6) is 0 Å². The van der Waals surface area contributed by atoms with Gasteiger partial charge < -0.3 is 10.6 Å². The molecule has 0 amide bonds. The van der Waals surface area contributed by atoms with Gasteiger partial charge in [-0.25, -0.2) is 23.1 Å². The smallest absolute Gasteiger partial charge is 0.213 e. The summed E-state index contributed by atoms with van der Waals surface area (Å²) in [7, 11) is -3.37. The van der Waals surface area contributed by atoms with Gasteiger partial charge in [0.25, 0.3) is 0 Å². The molecule has 0 spiro atoms. The van der Waals surface area contributed by atoms with Gasteiger partial charge in [-0.1, -0.05) is 44.2 Å². The van der Waals surface area contributed by atoms with E-state index in [1.807, 2.05) is 37.3 Å². The molecule has 0 bridgehead atoms. The number of thiazole rings is 1. The number of aliphatic imine (C=N–C) groups is 1. The molecule has 0 fully saturated rings. The van der Waals surface area contributed by atoms with Crippen molar-refractivity contribution in [3.8, 4) is 0 Å². The van der Waals surface area contributed by atoms with Crippen molar-refractivity contribution in [3.63, 3.8) is 0 Å². The first-order valence-electron chi connectivity index (χ1n) is 9.37. The number of nitrogens with one attached hydrogen (secondary N) is 3. The zero-order chi connectivity index (χ0) is 20.4. The maximum Gasteiger partial charge on any atom is 0.213 e. The predicted molar refractivity (Wildman–Crippen MR) is 132 cm³/mol. The third kappa shape index (κ3) is 9.87. The molecular weight excluding hydrogens is 521 g/mol. The molecule has 162 valence electrons. The molecule has 1 aromatic carbocycles. The molecule has 2 aromatic rings. The monoisotopic (exact) mass is 551 g/mol. The van der Waals surface area contributed by atoms with Crippen molar-refractivity contribution in [1.29, 1.82) is 0 Å². The highest BCUT2D eigenvalue weighted by molar-refractivity contribution is 14.0. The highest BCUT2D eigenvalue weighted by Gasteiger charge is 2.10. The van der Waals surface area contributed by atoms with E-state index in [4.69, 9.17) is 0 Å². The van der Waals surface area contributed by atoms with E-state index in [0.29, 0.717) is 31.5 Å². The van der Waals surface area contributed by atoms with Crippen LogP contribution in [0.1, 0.15) is 43.0 Å². The van der Waals surface area contributed by atoms with Crippen molar-refractivity contribution in [2.45, 2.75) is 39.8 Å². The predicted octanol–water partition coefficient (Wildman–Crippen LogP) is 3.06. The van der Waals surface area contributed by atoms with E-state index in [2.05, 4.69) is 44.6 Å². The summed E-state index contributed by atoms with van der Waals surface area (Å²) in [6.07, 6.45) is 0. The fraction of sp³-hybridized carbons (Fsp3) is 0.474. The van der Waals surface area contributed by atoms with E-state index < -0.39 is 10.0 Å². The second-order valence-corrected chi connectivity index (χ2v) is 9.44. The van der Waals surface area contributed by atoms with Crippen LogP contribution in [0.3, 0.4) is 0 Å². The molecule has 2 rings (SSSR count). The lowest BCUT2D eigenvalue weighted by Crippen LogP contribution is -2.41. The summed E-state index contributed by atoms with van der Waals surface area (Å²) >= 11 is 1.59. The van der Waals surface area contributed by atoms with Crippen LogP contribution in [-0.2, 0) is 23.1 Å². The molecule has 0 atom stereocenters. The first-order valence-corrected chi connectivity index (χ1v) is 11.9. The molecule has 0 radical (unpaired) electrons. The van der Waals surface area contributed by atoms with Gasteiger partial charge in [-0.3, -0.25) is 0 Å². The molecule has 0 aliphatic rings. The Bertz CT molecular complexity index is 854. The Morgan fingerprint density at radius 3 is 2.55 bits per heavy atom. The third-order valence-corrected chi connectivity index (χ3v) is 6.06. The van der Waals surface area contributed by atoms with E-state index in [9.17, 15) is 8.42 Å². The van der Waals surface area contributed by atoms with Crippen molar-refractivity contribution < 1.29 is 8.42 Å². The summed E-state index contributed by atoms with van der Waals surface area (Å²) in [5.41, 5.74) is 2.00. The van der Waals surface area contributed by atoms with Crippen LogP contribution in [0.15, 0.2) is 40.7 Å². The summed E-state index contributed by atoms with van der Waals surface area (Å²) < 4.78 is 27.0. The molecule has 29 heavy (non-hydrogen) atoms. The second-order valence-electron chi connectivity index (χ2n) is 6.57. The SMILES string of the molecule is CCNC(=NCc1nc(C(C)C)cs1)NCCS(=O)(=O)NCc1ccccc1.I. The summed E-state index contributed by atoms with van der Waals surface area (Å²) in [4.78, 5) is 9.06. The standard InChI is InChI=1S/C19H29N5O2S2.HI/c1-4-20-19(22-13-18-24-17(14-27-18)15(2)3)21-10-11-28(25,26)23-12-16-8-6-5-7-9-16;/h5-9,14-15,23H,4,10-13H2,1-3H3,(H2,20,21,22);1H. The van der Waals surface area contributed by atoms with Crippen molar-refractivity contribution in [2.24, 2.45) is 4.99 Å². The van der Waals surface area contributed by atoms with Gasteiger partial charge in [-0.2, -0.15) is 0 Å². The van der Waals surface area contributed by atoms with Crippen LogP contribution in [0.25, 0.3) is 0 Å². The van der Waals surface area contributed by atoms with Gasteiger partial charge in [0, 0.05) is 25.0 Å². The first-order chi connectivity index (χ1) is 13.4. The Kier molecular flexibility index (Phi) is 11.7. The second kappa shape index (κ2) is 13.1. The molecule has 0 saturated heterocycles. The Morgan fingerprint density at radius 2 is 1.93 bits per heavy atom. The van der Waals surface area contributed by atoms with E-state index in [-0.39, 0.29) is 36.3 Å². The number of rotatable bonds is 10. The largest absolute Gasteiger partial charge is 0.357 e. The Morgan fingerprint density at radius 1 is 1.21 bits per heavy atom. The minimum atomic E-state index is -3.37. The average Bonchev–Trinajstić information content (AvgIpc) is 3.15. The molecule has 10 heteroatoms. The van der Waals surface area contributed by atoms with E-state index in [0.717, 1.165) is 16.3 Å². The zero-order valence-corrected chi connectivity index (χ0v) is 21.0. The quantitative estimate of drug-likeness (QED) is 0.240. The first kappa shape index (κ1) is 25.8. The van der Waals surface area contributed by atoms with Gasteiger partial charge in [-0.05, 0) is 18.4 Å². The van der Waals surface area contributed by atoms with E-state index >= 15 is 0 Å². The Balaban J connectivity index is 0.00000420. The van der Waals surface area contributed by atoms with Crippen LogP contribution in [0.2, 0.25) is 0 Å². The summed E-state index contributed by atoms with van der Waals surface area (Å²) in [6.45, 7) is 7.91. The fourth-order valence-corrected chi connectivity index (χ4v) is 4.10. The molecule has 1 heterocycles. The van der Waals surface area contributed by atoms with Crippen LogP contribution in [0, 0.1) is 0 Å². The summed E-state index contributed by atoms with van der Waals surface area (Å²) in [6, 6.07) is 9.45. The third-order valence-electron chi connectivity index (χ3n) is 3.88. The zero-order valence-electron chi connectivity index (χ0n) is 17.0. The van der Waals surface area contributed by atoms with E-state index in [1.165, 1.54) is 0 Å². The Hall–Kier alpha value is -1.24. The lowest BCUT2D eigenvalue weighted by molar-refractivity contribution is 0.580. The molecule has 0 unspecified atom stereocenters. The number of hydrogen-bond acceptors (Lipinski definition) is 5. The lowest BCUT2D eigenvalue weighted by atomic mass is 10.2. The Labute approximate surface area is 194 Å². The van der Waals surface area contributed by atoms with Crippen molar-refractivity contribution in [2.75, 3.05) is 18.8 Å². The number of aromatic nitrogens is 1. The molecule has 3 N–H and O–H groups in total. The van der Waals surface area contributed by atoms with Crippen LogP contribution in [-0.4, -0.2) is 38.2 Å². The number of sulfonamides is 1. The topological polar surface area (TPSA) is 95.5 Å². The number of guanidine groups is 1. The molecule has 0 saturated carbocycles. The van der Waals surface area contributed by atoms with Crippen LogP contribution in [0.4, 0.5) is 0 Å². The fourth-order valence-electron chi connectivity index (χ4n) is 2.32. The van der Waals surface area contributed by atoms with Crippen molar-refractivity contribution in [1.82, 2.24) is 20.3 Å². The van der Waals surface area contributed by atoms with Crippen LogP contribution < -0.4 is 15.4 Å². The minimum Gasteiger partial charge on any atom is -0.357 e.